The molecule has 6 heteroatoms. The third kappa shape index (κ3) is 2.58. The lowest BCUT2D eigenvalue weighted by molar-refractivity contribution is 0.0877. The third-order valence-corrected chi connectivity index (χ3v) is 3.88. The molecule has 0 fully saturated rings. The van der Waals surface area contributed by atoms with E-state index in [1.54, 1.807) is 36.4 Å². The van der Waals surface area contributed by atoms with Gasteiger partial charge in [0.1, 0.15) is 11.7 Å². The molecule has 1 aliphatic carbocycles. The van der Waals surface area contributed by atoms with E-state index in [0.717, 1.165) is 0 Å². The first kappa shape index (κ1) is 15.6. The van der Waals surface area contributed by atoms with Gasteiger partial charge in [0.25, 0.3) is 5.91 Å². The summed E-state index contributed by atoms with van der Waals surface area (Å²) in [5, 5.41) is 13.5. The number of hydrogen-bond acceptors (Lipinski definition) is 5. The Morgan fingerprint density at radius 2 is 1.54 bits per heavy atom. The first-order valence-corrected chi connectivity index (χ1v) is 7.30. The van der Waals surface area contributed by atoms with E-state index < -0.39 is 11.8 Å². The number of rotatable bonds is 3. The quantitative estimate of drug-likeness (QED) is 0.514. The van der Waals surface area contributed by atoms with Crippen LogP contribution in [-0.4, -0.2) is 28.3 Å². The predicted molar refractivity (Wildman–Crippen MR) is 87.3 cm³/mol. The number of hydrazone groups is 1. The zero-order valence-electron chi connectivity index (χ0n) is 12.8. The minimum Gasteiger partial charge on any atom is -0.507 e. The van der Waals surface area contributed by atoms with Gasteiger partial charge < -0.3 is 5.11 Å². The lowest BCUT2D eigenvalue weighted by atomic mass is 9.99. The van der Waals surface area contributed by atoms with Crippen LogP contribution in [0.4, 0.5) is 0 Å². The molecule has 0 saturated carbocycles. The predicted octanol–water partition coefficient (Wildman–Crippen LogP) is 2.19. The lowest BCUT2D eigenvalue weighted by Crippen LogP contribution is -2.27. The highest BCUT2D eigenvalue weighted by molar-refractivity contribution is 6.36. The molecule has 0 radical (unpaired) electrons. The van der Waals surface area contributed by atoms with E-state index in [0.29, 0.717) is 11.1 Å². The van der Waals surface area contributed by atoms with Gasteiger partial charge in [0.05, 0.1) is 11.3 Å². The summed E-state index contributed by atoms with van der Waals surface area (Å²) in [6, 6.07) is 12.6. The summed E-state index contributed by atoms with van der Waals surface area (Å²) in [5.41, 5.74) is 3.26. The Labute approximate surface area is 137 Å². The van der Waals surface area contributed by atoms with Gasteiger partial charge in [0.15, 0.2) is 11.6 Å². The van der Waals surface area contributed by atoms with Crippen LogP contribution in [0.2, 0.25) is 0 Å². The monoisotopic (exact) mass is 322 g/mol. The van der Waals surface area contributed by atoms with Crippen molar-refractivity contribution >= 4 is 23.2 Å². The number of para-hydroxylation sites is 1. The highest BCUT2D eigenvalue weighted by atomic mass is 16.3. The molecule has 6 nitrogen and oxygen atoms in total. The van der Waals surface area contributed by atoms with Crippen molar-refractivity contribution in [2.45, 2.75) is 6.92 Å². The summed E-state index contributed by atoms with van der Waals surface area (Å²) >= 11 is 0. The van der Waals surface area contributed by atoms with Crippen LogP contribution >= 0.6 is 0 Å². The number of hydrogen-bond donors (Lipinski definition) is 2. The number of Topliss-reactive ketones (excluding diaryl/α,β-unsaturated/α-hetero) is 2. The van der Waals surface area contributed by atoms with Crippen LogP contribution in [0.1, 0.15) is 38.0 Å². The average Bonchev–Trinajstić information content (AvgIpc) is 2.84. The summed E-state index contributed by atoms with van der Waals surface area (Å²) in [5.74, 6) is -2.47. The summed E-state index contributed by atoms with van der Waals surface area (Å²) in [7, 11) is 0. The van der Waals surface area contributed by atoms with E-state index in [2.05, 4.69) is 10.5 Å². The molecule has 120 valence electrons. The Kier molecular flexibility index (Phi) is 3.95. The second-order valence-electron chi connectivity index (χ2n) is 5.42. The summed E-state index contributed by atoms with van der Waals surface area (Å²) in [6.45, 7) is 1.51. The molecule has 24 heavy (non-hydrogen) atoms. The van der Waals surface area contributed by atoms with Gasteiger partial charge in [-0.25, -0.2) is 5.43 Å². The topological polar surface area (TPSA) is 95.8 Å². The van der Waals surface area contributed by atoms with Gasteiger partial charge in [-0.2, -0.15) is 5.10 Å². The molecule has 0 unspecified atom stereocenters. The maximum atomic E-state index is 12.4. The number of phenols is 1. The highest BCUT2D eigenvalue weighted by Crippen LogP contribution is 2.27. The van der Waals surface area contributed by atoms with Crippen molar-refractivity contribution in [3.8, 4) is 5.75 Å². The van der Waals surface area contributed by atoms with E-state index in [1.165, 1.54) is 19.1 Å². The van der Waals surface area contributed by atoms with Crippen molar-refractivity contribution in [2.24, 2.45) is 11.0 Å². The number of nitrogens with zero attached hydrogens (tertiary/aromatic N) is 1. The molecule has 3 rings (SSSR count). The number of aromatic hydroxyl groups is 1. The lowest BCUT2D eigenvalue weighted by Gasteiger charge is -2.07. The van der Waals surface area contributed by atoms with Crippen molar-refractivity contribution in [3.05, 3.63) is 65.2 Å². The Hall–Kier alpha value is -3.28. The SMILES string of the molecule is C/C(=N/NC(=O)c1ccccc1O)C1C(=O)c2ccccc2C1=O. The molecule has 2 aromatic rings. The molecule has 0 aliphatic heterocycles. The van der Waals surface area contributed by atoms with Crippen molar-refractivity contribution in [3.63, 3.8) is 0 Å². The molecular formula is C18H14N2O4. The fourth-order valence-corrected chi connectivity index (χ4v) is 2.65. The fourth-order valence-electron chi connectivity index (χ4n) is 2.65. The molecule has 0 spiro atoms. The van der Waals surface area contributed by atoms with Gasteiger partial charge in [-0.05, 0) is 19.1 Å². The Bertz CT molecular complexity index is 851. The van der Waals surface area contributed by atoms with E-state index in [-0.39, 0.29) is 28.6 Å². The van der Waals surface area contributed by atoms with Crippen LogP contribution in [-0.2, 0) is 0 Å². The minimum atomic E-state index is -1.02. The molecule has 1 amide bonds. The highest BCUT2D eigenvalue weighted by Gasteiger charge is 2.40. The first-order chi connectivity index (χ1) is 11.5. The minimum absolute atomic E-state index is 0.0569. The second-order valence-corrected chi connectivity index (χ2v) is 5.42. The Balaban J connectivity index is 1.80. The molecule has 0 atom stereocenters. The second kappa shape index (κ2) is 6.08. The Morgan fingerprint density at radius 1 is 1.00 bits per heavy atom. The molecule has 0 saturated heterocycles. The molecule has 0 bridgehead atoms. The van der Waals surface area contributed by atoms with Crippen LogP contribution in [0.5, 0.6) is 5.75 Å². The largest absolute Gasteiger partial charge is 0.507 e. The van der Waals surface area contributed by atoms with Gasteiger partial charge in [-0.15, -0.1) is 0 Å². The van der Waals surface area contributed by atoms with Crippen LogP contribution < -0.4 is 5.43 Å². The van der Waals surface area contributed by atoms with Crippen LogP contribution in [0.3, 0.4) is 0 Å². The molecular weight excluding hydrogens is 308 g/mol. The molecule has 2 N–H and O–H groups in total. The normalized spacial score (nSPS) is 14.6. The molecule has 0 aromatic heterocycles. The van der Waals surface area contributed by atoms with Crippen LogP contribution in [0.25, 0.3) is 0 Å². The van der Waals surface area contributed by atoms with E-state index in [1.807, 2.05) is 0 Å². The van der Waals surface area contributed by atoms with Gasteiger partial charge in [0, 0.05) is 11.1 Å². The van der Waals surface area contributed by atoms with Crippen molar-refractivity contribution in [1.82, 2.24) is 5.43 Å². The number of carbonyl (C=O) groups excluding carboxylic acids is 3. The third-order valence-electron chi connectivity index (χ3n) is 3.88. The van der Waals surface area contributed by atoms with Crippen LogP contribution in [0.15, 0.2) is 53.6 Å². The van der Waals surface area contributed by atoms with Crippen LogP contribution in [0, 0.1) is 5.92 Å². The zero-order valence-corrected chi connectivity index (χ0v) is 12.8. The number of nitrogens with one attached hydrogen (secondary N) is 1. The van der Waals surface area contributed by atoms with E-state index >= 15 is 0 Å². The number of benzene rings is 2. The van der Waals surface area contributed by atoms with Crippen molar-refractivity contribution < 1.29 is 19.5 Å². The number of fused-ring (bicyclic) bond motifs is 1. The fraction of sp³-hybridized carbons (Fsp3) is 0.111. The maximum absolute atomic E-state index is 12.4. The van der Waals surface area contributed by atoms with Gasteiger partial charge >= 0.3 is 0 Å². The van der Waals surface area contributed by atoms with Gasteiger partial charge in [-0.1, -0.05) is 36.4 Å². The Morgan fingerprint density at radius 3 is 2.12 bits per heavy atom. The average molecular weight is 322 g/mol. The number of carbonyl (C=O) groups is 3. The van der Waals surface area contributed by atoms with E-state index in [9.17, 15) is 19.5 Å². The molecule has 2 aromatic carbocycles. The summed E-state index contributed by atoms with van der Waals surface area (Å²) < 4.78 is 0. The number of ketones is 2. The standard InChI is InChI=1S/C18H14N2O4/c1-10(19-20-18(24)13-8-4-5-9-14(13)21)15-16(22)11-6-2-3-7-12(11)17(15)23/h2-9,15,21H,1H3,(H,20,24)/b19-10-. The molecule has 1 aliphatic rings. The maximum Gasteiger partial charge on any atom is 0.275 e. The smallest absolute Gasteiger partial charge is 0.275 e. The summed E-state index contributed by atoms with van der Waals surface area (Å²) in [6.07, 6.45) is 0. The van der Waals surface area contributed by atoms with Gasteiger partial charge in [-0.3, -0.25) is 14.4 Å². The first-order valence-electron chi connectivity index (χ1n) is 7.30. The number of amides is 1. The van der Waals surface area contributed by atoms with E-state index in [4.69, 9.17) is 0 Å². The zero-order chi connectivity index (χ0) is 17.3. The summed E-state index contributed by atoms with van der Waals surface area (Å²) in [4.78, 5) is 36.7. The molecule has 0 heterocycles. The van der Waals surface area contributed by atoms with Gasteiger partial charge in [0.2, 0.25) is 0 Å². The number of phenolic OH excluding ortho intramolecular Hbond substituents is 1. The van der Waals surface area contributed by atoms with Crippen molar-refractivity contribution in [1.29, 1.82) is 0 Å². The van der Waals surface area contributed by atoms with Crippen molar-refractivity contribution in [2.75, 3.05) is 0 Å².